The summed E-state index contributed by atoms with van der Waals surface area (Å²) < 4.78 is 48.4. The number of fused-ring (bicyclic) bond motifs is 5. The highest BCUT2D eigenvalue weighted by atomic mass is 35.5. The molecule has 2 heterocycles. The molecule has 1 aliphatic carbocycles. The van der Waals surface area contributed by atoms with Gasteiger partial charge in [-0.1, -0.05) is 52.1 Å². The average molecular weight is 427 g/mol. The summed E-state index contributed by atoms with van der Waals surface area (Å²) >= 11 is 12.3. The molecule has 0 unspecified atom stereocenters. The maximum atomic E-state index is 13.0. The van der Waals surface area contributed by atoms with E-state index in [2.05, 4.69) is 17.2 Å². The van der Waals surface area contributed by atoms with Crippen LogP contribution < -0.4 is 4.68 Å². The maximum Gasteiger partial charge on any atom is 0.416 e. The molecule has 0 fully saturated rings. The van der Waals surface area contributed by atoms with Crippen LogP contribution in [0.5, 0.6) is 0 Å². The number of hydrogen-bond acceptors (Lipinski definition) is 2. The molecule has 0 radical (unpaired) electrons. The van der Waals surface area contributed by atoms with Crippen molar-refractivity contribution in [1.82, 2.24) is 9.67 Å². The van der Waals surface area contributed by atoms with Gasteiger partial charge in [0, 0.05) is 12.0 Å². The predicted molar refractivity (Wildman–Crippen MR) is 95.6 cm³/mol. The van der Waals surface area contributed by atoms with Crippen molar-refractivity contribution in [1.29, 1.82) is 0 Å². The van der Waals surface area contributed by atoms with Crippen LogP contribution in [0.2, 0.25) is 10.0 Å². The smallest absolute Gasteiger partial charge is 0.363 e. The van der Waals surface area contributed by atoms with E-state index in [9.17, 15) is 13.2 Å². The Morgan fingerprint density at radius 2 is 1.86 bits per heavy atom. The summed E-state index contributed by atoms with van der Waals surface area (Å²) in [6.45, 7) is 0.304. The first kappa shape index (κ1) is 18.0. The third kappa shape index (κ3) is 2.72. The normalized spacial score (nSPS) is 20.6. The van der Waals surface area contributed by atoms with Crippen molar-refractivity contribution >= 4 is 23.2 Å². The fourth-order valence-electron chi connectivity index (χ4n) is 3.98. The second-order valence-corrected chi connectivity index (χ2v) is 7.68. The molecule has 2 aromatic carbocycles. The topological polar surface area (TPSA) is 30.9 Å². The fourth-order valence-corrected chi connectivity index (χ4v) is 4.64. The van der Waals surface area contributed by atoms with Gasteiger partial charge in [0.1, 0.15) is 12.7 Å². The van der Waals surface area contributed by atoms with Crippen LogP contribution in [0.3, 0.4) is 0 Å². The summed E-state index contributed by atoms with van der Waals surface area (Å²) in [6, 6.07) is 9.78. The van der Waals surface area contributed by atoms with Crippen LogP contribution in [0, 0.1) is 0 Å². The van der Waals surface area contributed by atoms with E-state index < -0.39 is 11.7 Å². The lowest BCUT2D eigenvalue weighted by Gasteiger charge is -2.22. The molecule has 4 nitrogen and oxygen atoms in total. The van der Waals surface area contributed by atoms with Crippen molar-refractivity contribution in [2.45, 2.75) is 31.3 Å². The molecular weight excluding hydrogens is 414 g/mol. The predicted octanol–water partition coefficient (Wildman–Crippen LogP) is 4.53. The quantitative estimate of drug-likeness (QED) is 0.535. The molecule has 3 aromatic rings. The lowest BCUT2D eigenvalue weighted by Crippen LogP contribution is -2.33. The largest absolute Gasteiger partial charge is 0.416 e. The number of aromatic nitrogens is 3. The molecule has 28 heavy (non-hydrogen) atoms. The fraction of sp³-hybridized carbons (Fsp3) is 0.263. The Balaban J connectivity index is 1.61. The molecule has 0 saturated heterocycles. The molecular formula is C19H13Cl2F3N3O+. The van der Waals surface area contributed by atoms with Crippen LogP contribution in [0.4, 0.5) is 13.2 Å². The van der Waals surface area contributed by atoms with E-state index in [4.69, 9.17) is 27.9 Å². The zero-order valence-corrected chi connectivity index (χ0v) is 15.8. The minimum atomic E-state index is -4.53. The van der Waals surface area contributed by atoms with E-state index in [0.29, 0.717) is 12.4 Å². The summed E-state index contributed by atoms with van der Waals surface area (Å²) in [4.78, 5) is 0. The number of benzene rings is 2. The van der Waals surface area contributed by atoms with Gasteiger partial charge in [-0.15, -0.1) is 0 Å². The number of ether oxygens (including phenoxy) is 1. The molecule has 0 spiro atoms. The van der Waals surface area contributed by atoms with Crippen LogP contribution in [-0.4, -0.2) is 15.8 Å². The van der Waals surface area contributed by atoms with Crippen molar-refractivity contribution in [3.63, 3.8) is 0 Å². The zero-order chi connectivity index (χ0) is 19.6. The van der Waals surface area contributed by atoms with Gasteiger partial charge in [-0.25, -0.2) is 4.57 Å². The van der Waals surface area contributed by atoms with Crippen molar-refractivity contribution in [3.05, 3.63) is 75.3 Å². The van der Waals surface area contributed by atoms with Gasteiger partial charge in [0.25, 0.3) is 12.2 Å². The molecule has 0 saturated carbocycles. The highest BCUT2D eigenvalue weighted by Gasteiger charge is 2.44. The molecule has 0 bridgehead atoms. The van der Waals surface area contributed by atoms with Gasteiger partial charge >= 0.3 is 6.18 Å². The molecule has 0 N–H and O–H groups in total. The Morgan fingerprint density at radius 3 is 2.57 bits per heavy atom. The standard InChI is InChI=1S/C19H13Cl2F3N3O/c20-13-6-11(19(22,23)24)7-14(21)18(13)27-9-26-16(25-27)8-28-15-5-10-3-1-2-4-12(10)17(15)26/h1-4,6-7,9,15,17H,5,8H2/q+1/t15-,17+/m0/s1. The van der Waals surface area contributed by atoms with Gasteiger partial charge in [0.05, 0.1) is 15.6 Å². The summed E-state index contributed by atoms with van der Waals surface area (Å²) in [5.74, 6) is 0.657. The molecule has 144 valence electrons. The summed E-state index contributed by atoms with van der Waals surface area (Å²) in [5, 5.41) is 4.23. The Bertz CT molecular complexity index is 1070. The first-order chi connectivity index (χ1) is 13.3. The second kappa shape index (κ2) is 6.20. The van der Waals surface area contributed by atoms with Gasteiger partial charge in [-0.2, -0.15) is 13.2 Å². The Hall–Kier alpha value is -2.09. The molecule has 0 amide bonds. The monoisotopic (exact) mass is 426 g/mol. The first-order valence-electron chi connectivity index (χ1n) is 8.58. The molecule has 9 heteroatoms. The zero-order valence-electron chi connectivity index (χ0n) is 14.3. The summed E-state index contributed by atoms with van der Waals surface area (Å²) in [5.41, 5.74) is 1.68. The van der Waals surface area contributed by atoms with Crippen LogP contribution in [0.15, 0.2) is 42.7 Å². The molecule has 2 atom stereocenters. The van der Waals surface area contributed by atoms with Crippen LogP contribution in [0.1, 0.15) is 28.6 Å². The van der Waals surface area contributed by atoms with Gasteiger partial charge < -0.3 is 4.74 Å². The van der Waals surface area contributed by atoms with Crippen molar-refractivity contribution in [2.75, 3.05) is 0 Å². The molecule has 2 aliphatic rings. The van der Waals surface area contributed by atoms with Crippen LogP contribution in [-0.2, 0) is 23.9 Å². The molecule has 1 aromatic heterocycles. The second-order valence-electron chi connectivity index (χ2n) is 6.87. The summed E-state index contributed by atoms with van der Waals surface area (Å²) in [7, 11) is 0. The van der Waals surface area contributed by atoms with E-state index in [0.717, 1.165) is 24.1 Å². The number of halogens is 5. The number of rotatable bonds is 1. The van der Waals surface area contributed by atoms with Crippen LogP contribution >= 0.6 is 23.2 Å². The van der Waals surface area contributed by atoms with E-state index in [1.54, 1.807) is 6.33 Å². The van der Waals surface area contributed by atoms with E-state index in [-0.39, 0.29) is 27.9 Å². The van der Waals surface area contributed by atoms with Crippen molar-refractivity contribution in [2.24, 2.45) is 0 Å². The molecule has 5 rings (SSSR count). The van der Waals surface area contributed by atoms with E-state index >= 15 is 0 Å². The van der Waals surface area contributed by atoms with Gasteiger partial charge in [-0.05, 0) is 22.8 Å². The Morgan fingerprint density at radius 1 is 1.14 bits per heavy atom. The summed E-state index contributed by atoms with van der Waals surface area (Å²) in [6.07, 6.45) is -2.01. The highest BCUT2D eigenvalue weighted by Crippen LogP contribution is 2.40. The lowest BCUT2D eigenvalue weighted by atomic mass is 10.1. The Kier molecular flexibility index (Phi) is 3.98. The number of hydrogen-bond donors (Lipinski definition) is 0. The highest BCUT2D eigenvalue weighted by molar-refractivity contribution is 6.37. The van der Waals surface area contributed by atoms with E-state index in [1.807, 2.05) is 16.7 Å². The Labute approximate surface area is 168 Å². The van der Waals surface area contributed by atoms with Gasteiger partial charge in [0.2, 0.25) is 0 Å². The van der Waals surface area contributed by atoms with Gasteiger partial charge in [0.15, 0.2) is 11.7 Å². The number of nitrogens with zero attached hydrogens (tertiary/aromatic N) is 3. The first-order valence-corrected chi connectivity index (χ1v) is 9.34. The number of alkyl halides is 3. The van der Waals surface area contributed by atoms with Gasteiger partial charge in [-0.3, -0.25) is 0 Å². The maximum absolute atomic E-state index is 13.0. The van der Waals surface area contributed by atoms with E-state index in [1.165, 1.54) is 10.2 Å². The third-order valence-corrected chi connectivity index (χ3v) is 5.78. The lowest BCUT2D eigenvalue weighted by molar-refractivity contribution is -0.657. The SMILES string of the molecule is FC(F)(F)c1cc(Cl)c(-[n+]2cn3c(n2)CO[C@H]2Cc4ccccc4[C@H]23)c(Cl)c1. The van der Waals surface area contributed by atoms with Crippen molar-refractivity contribution < 1.29 is 22.6 Å². The minimum absolute atomic E-state index is 0.00824. The third-order valence-electron chi connectivity index (χ3n) is 5.20. The molecule has 1 aliphatic heterocycles. The van der Waals surface area contributed by atoms with Crippen molar-refractivity contribution in [3.8, 4) is 5.69 Å². The average Bonchev–Trinajstić information content (AvgIpc) is 3.20. The van der Waals surface area contributed by atoms with Crippen LogP contribution in [0.25, 0.3) is 5.69 Å². The minimum Gasteiger partial charge on any atom is -0.363 e.